The van der Waals surface area contributed by atoms with Gasteiger partial charge in [-0.1, -0.05) is 23.2 Å². The Hall–Kier alpha value is -2.06. The van der Waals surface area contributed by atoms with Crippen LogP contribution in [0.1, 0.15) is 41.4 Å². The fraction of sp³-hybridized carbons (Fsp3) is 0.389. The molecule has 1 aliphatic rings. The van der Waals surface area contributed by atoms with Crippen LogP contribution in [-0.4, -0.2) is 39.5 Å². The summed E-state index contributed by atoms with van der Waals surface area (Å²) in [5, 5.41) is 0.249. The highest BCUT2D eigenvalue weighted by molar-refractivity contribution is 6.32. The van der Waals surface area contributed by atoms with E-state index >= 15 is 0 Å². The molecule has 3 heterocycles. The van der Waals surface area contributed by atoms with E-state index in [1.807, 2.05) is 0 Å². The predicted octanol–water partition coefficient (Wildman–Crippen LogP) is 4.87. The molecule has 0 N–H and O–H groups in total. The summed E-state index contributed by atoms with van der Waals surface area (Å²) in [5.74, 6) is -4.10. The minimum atomic E-state index is -3.65. The highest BCUT2D eigenvalue weighted by Crippen LogP contribution is 2.35. The highest BCUT2D eigenvalue weighted by atomic mass is 35.5. The molecule has 2 aromatic rings. The van der Waals surface area contributed by atoms with Crippen molar-refractivity contribution in [3.63, 3.8) is 0 Å². The molecule has 1 amide bonds. The van der Waals surface area contributed by atoms with Crippen LogP contribution < -0.4 is 4.74 Å². The van der Waals surface area contributed by atoms with Gasteiger partial charge in [-0.3, -0.25) is 4.79 Å². The molecule has 0 saturated carbocycles. The van der Waals surface area contributed by atoms with Crippen LogP contribution in [0.2, 0.25) is 10.2 Å². The molecule has 0 radical (unpaired) electrons. The number of hydrogen-bond acceptors (Lipinski definition) is 4. The summed E-state index contributed by atoms with van der Waals surface area (Å²) in [6, 6.07) is 2.66. The lowest BCUT2D eigenvalue weighted by Gasteiger charge is -2.25. The first-order chi connectivity index (χ1) is 13.1. The number of halogens is 5. The number of pyridine rings is 2. The van der Waals surface area contributed by atoms with Crippen LogP contribution in [0.3, 0.4) is 0 Å². The lowest BCUT2D eigenvalue weighted by molar-refractivity contribution is -0.0948. The number of alkyl halides is 3. The lowest BCUT2D eigenvalue weighted by atomic mass is 10.1. The van der Waals surface area contributed by atoms with E-state index < -0.39 is 24.7 Å². The van der Waals surface area contributed by atoms with Gasteiger partial charge in [0.15, 0.2) is 12.8 Å². The Morgan fingerprint density at radius 1 is 1.32 bits per heavy atom. The summed E-state index contributed by atoms with van der Waals surface area (Å²) in [6.45, 7) is 1.62. The van der Waals surface area contributed by atoms with E-state index in [0.29, 0.717) is 16.7 Å². The molecule has 2 atom stereocenters. The second-order valence-corrected chi connectivity index (χ2v) is 7.22. The molecule has 0 spiro atoms. The maximum absolute atomic E-state index is 13.4. The number of rotatable bonds is 6. The lowest BCUT2D eigenvalue weighted by Crippen LogP contribution is -2.34. The third kappa shape index (κ3) is 3.89. The van der Waals surface area contributed by atoms with Crippen molar-refractivity contribution in [2.45, 2.75) is 38.5 Å². The zero-order valence-electron chi connectivity index (χ0n) is 14.9. The van der Waals surface area contributed by atoms with E-state index in [4.69, 9.17) is 27.9 Å². The first-order valence-corrected chi connectivity index (χ1v) is 9.12. The van der Waals surface area contributed by atoms with Gasteiger partial charge in [-0.2, -0.15) is 8.78 Å². The average molecular weight is 434 g/mol. The maximum Gasteiger partial charge on any atom is 0.311 e. The van der Waals surface area contributed by atoms with Gasteiger partial charge in [0, 0.05) is 23.5 Å². The van der Waals surface area contributed by atoms with Crippen molar-refractivity contribution in [3.05, 3.63) is 51.4 Å². The van der Waals surface area contributed by atoms with Crippen molar-refractivity contribution in [2.24, 2.45) is 0 Å². The van der Waals surface area contributed by atoms with E-state index in [1.165, 1.54) is 18.5 Å². The molecule has 0 aliphatic carbocycles. The topological polar surface area (TPSA) is 55.3 Å². The van der Waals surface area contributed by atoms with Gasteiger partial charge in [0.05, 0.1) is 12.6 Å². The molecule has 28 heavy (non-hydrogen) atoms. The molecule has 0 saturated heterocycles. The maximum atomic E-state index is 13.4. The molecule has 150 valence electrons. The van der Waals surface area contributed by atoms with E-state index in [9.17, 15) is 18.0 Å². The third-order valence-corrected chi connectivity index (χ3v) is 5.18. The van der Waals surface area contributed by atoms with E-state index in [-0.39, 0.29) is 28.5 Å². The van der Waals surface area contributed by atoms with Gasteiger partial charge in [-0.15, -0.1) is 0 Å². The van der Waals surface area contributed by atoms with Crippen LogP contribution in [0.5, 0.6) is 5.88 Å². The molecule has 10 heteroatoms. The van der Waals surface area contributed by atoms with Gasteiger partial charge in [0.1, 0.15) is 10.2 Å². The molecule has 3 rings (SSSR count). The smallest absolute Gasteiger partial charge is 0.311 e. The number of fused-ring (bicyclic) bond motifs is 1. The second kappa shape index (κ2) is 7.75. The van der Waals surface area contributed by atoms with Crippen LogP contribution >= 0.6 is 23.2 Å². The molecule has 2 unspecified atom stereocenters. The monoisotopic (exact) mass is 433 g/mol. The van der Waals surface area contributed by atoms with Crippen molar-refractivity contribution in [1.29, 1.82) is 0 Å². The van der Waals surface area contributed by atoms with E-state index in [1.54, 1.807) is 17.9 Å². The van der Waals surface area contributed by atoms with Gasteiger partial charge >= 0.3 is 5.92 Å². The standard InChI is InChI=1S/C18H16Cl2F3N3O2/c1-9(26-7-13-12(17(26)27)3-4-24-15(13)20)11-5-14(19)16(25-6-11)28-8-18(22,23)10(2)21/h3-6,9-10H,7-8H2,1-2H3. The molecular formula is C18H16Cl2F3N3O2. The summed E-state index contributed by atoms with van der Waals surface area (Å²) in [4.78, 5) is 22.1. The van der Waals surface area contributed by atoms with Crippen LogP contribution in [0.25, 0.3) is 0 Å². The fourth-order valence-corrected chi connectivity index (χ4v) is 3.21. The average Bonchev–Trinajstić information content (AvgIpc) is 2.98. The van der Waals surface area contributed by atoms with Crippen LogP contribution in [0.15, 0.2) is 24.5 Å². The summed E-state index contributed by atoms with van der Waals surface area (Å²) >= 11 is 12.1. The molecular weight excluding hydrogens is 418 g/mol. The van der Waals surface area contributed by atoms with Gasteiger partial charge < -0.3 is 9.64 Å². The number of carbonyl (C=O) groups is 1. The third-order valence-electron chi connectivity index (χ3n) is 4.58. The van der Waals surface area contributed by atoms with Crippen molar-refractivity contribution < 1.29 is 22.7 Å². The first kappa shape index (κ1) is 20.7. The van der Waals surface area contributed by atoms with Crippen molar-refractivity contribution >= 4 is 29.1 Å². The van der Waals surface area contributed by atoms with Crippen LogP contribution in [-0.2, 0) is 6.54 Å². The summed E-state index contributed by atoms with van der Waals surface area (Å²) in [6.07, 6.45) is 0.472. The second-order valence-electron chi connectivity index (χ2n) is 6.46. The van der Waals surface area contributed by atoms with Crippen molar-refractivity contribution in [1.82, 2.24) is 14.9 Å². The van der Waals surface area contributed by atoms with Gasteiger partial charge in [-0.05, 0) is 31.5 Å². The molecule has 1 aliphatic heterocycles. The molecule has 2 aromatic heterocycles. The normalized spacial score (nSPS) is 16.1. The fourth-order valence-electron chi connectivity index (χ4n) is 2.76. The first-order valence-electron chi connectivity index (χ1n) is 8.36. The molecule has 0 bridgehead atoms. The van der Waals surface area contributed by atoms with Crippen LogP contribution in [0.4, 0.5) is 13.2 Å². The SMILES string of the molecule is CC(c1cnc(OCC(F)(F)C(C)F)c(Cl)c1)N1Cc2c(ccnc2Cl)C1=O. The van der Waals surface area contributed by atoms with Gasteiger partial charge in [0.2, 0.25) is 5.88 Å². The van der Waals surface area contributed by atoms with Crippen molar-refractivity contribution in [2.75, 3.05) is 6.61 Å². The highest BCUT2D eigenvalue weighted by Gasteiger charge is 2.38. The Labute approximate surface area is 169 Å². The molecule has 0 aromatic carbocycles. The molecule has 0 fully saturated rings. The van der Waals surface area contributed by atoms with Crippen molar-refractivity contribution in [3.8, 4) is 5.88 Å². The minimum Gasteiger partial charge on any atom is -0.470 e. The number of amides is 1. The number of hydrogen-bond donors (Lipinski definition) is 0. The zero-order valence-corrected chi connectivity index (χ0v) is 16.4. The molecule has 5 nitrogen and oxygen atoms in total. The Morgan fingerprint density at radius 3 is 2.64 bits per heavy atom. The Kier molecular flexibility index (Phi) is 5.72. The minimum absolute atomic E-state index is 0.0180. The number of aromatic nitrogens is 2. The Bertz CT molecular complexity index is 912. The largest absolute Gasteiger partial charge is 0.470 e. The summed E-state index contributed by atoms with van der Waals surface area (Å²) < 4.78 is 44.4. The Morgan fingerprint density at radius 2 is 2.04 bits per heavy atom. The number of nitrogens with zero attached hydrogens (tertiary/aromatic N) is 3. The van der Waals surface area contributed by atoms with Gasteiger partial charge in [-0.25, -0.2) is 14.4 Å². The zero-order chi connectivity index (χ0) is 20.6. The quantitative estimate of drug-likeness (QED) is 0.609. The van der Waals surface area contributed by atoms with E-state index in [2.05, 4.69) is 9.97 Å². The summed E-state index contributed by atoms with van der Waals surface area (Å²) in [5.41, 5.74) is 1.70. The Balaban J connectivity index is 1.76. The number of ether oxygens (including phenoxy) is 1. The summed E-state index contributed by atoms with van der Waals surface area (Å²) in [7, 11) is 0. The van der Waals surface area contributed by atoms with Crippen LogP contribution in [0, 0.1) is 0 Å². The van der Waals surface area contributed by atoms with Gasteiger partial charge in [0.25, 0.3) is 5.91 Å². The number of carbonyl (C=O) groups excluding carboxylic acids is 1. The van der Waals surface area contributed by atoms with E-state index in [0.717, 1.165) is 6.92 Å². The predicted molar refractivity (Wildman–Crippen MR) is 97.8 cm³/mol.